The van der Waals surface area contributed by atoms with Crippen molar-refractivity contribution in [2.45, 2.75) is 26.3 Å². The largest absolute Gasteiger partial charge is 0.506 e. The second-order valence-electron chi connectivity index (χ2n) is 4.84. The highest BCUT2D eigenvalue weighted by Gasteiger charge is 2.27. The second kappa shape index (κ2) is 5.47. The van der Waals surface area contributed by atoms with E-state index in [1.165, 1.54) is 12.8 Å². The molecular weight excluding hydrogens is 257 g/mol. The summed E-state index contributed by atoms with van der Waals surface area (Å²) in [6.45, 7) is 3.83. The van der Waals surface area contributed by atoms with Crippen LogP contribution in [0.25, 0.3) is 0 Å². The molecule has 94 valence electrons. The molecule has 1 aliphatic rings. The molecular formula is C13H17Cl2NO. The molecule has 17 heavy (non-hydrogen) atoms. The lowest BCUT2D eigenvalue weighted by atomic mass is 10.1. The smallest absolute Gasteiger partial charge is 0.138 e. The van der Waals surface area contributed by atoms with E-state index in [4.69, 9.17) is 23.2 Å². The summed E-state index contributed by atoms with van der Waals surface area (Å²) >= 11 is 11.8. The van der Waals surface area contributed by atoms with E-state index >= 15 is 0 Å². The van der Waals surface area contributed by atoms with Crippen LogP contribution in [0.1, 0.15) is 25.3 Å². The van der Waals surface area contributed by atoms with Gasteiger partial charge in [-0.2, -0.15) is 0 Å². The summed E-state index contributed by atoms with van der Waals surface area (Å²) in [5, 5.41) is 14.0. The maximum atomic E-state index is 9.78. The fraction of sp³-hybridized carbons (Fsp3) is 0.538. The minimum absolute atomic E-state index is 0.127. The van der Waals surface area contributed by atoms with E-state index in [2.05, 4.69) is 12.2 Å². The van der Waals surface area contributed by atoms with Gasteiger partial charge in [-0.15, -0.1) is 0 Å². The van der Waals surface area contributed by atoms with Crippen molar-refractivity contribution in [3.8, 4) is 5.75 Å². The Balaban J connectivity index is 1.89. The zero-order chi connectivity index (χ0) is 12.4. The Morgan fingerprint density at radius 2 is 2.12 bits per heavy atom. The highest BCUT2D eigenvalue weighted by molar-refractivity contribution is 6.35. The Bertz CT molecular complexity index is 405. The normalized spacial score (nSPS) is 17.1. The molecule has 2 nitrogen and oxygen atoms in total. The molecule has 0 radical (unpaired) electrons. The van der Waals surface area contributed by atoms with Gasteiger partial charge in [0.05, 0.1) is 5.02 Å². The molecule has 0 saturated heterocycles. The second-order valence-corrected chi connectivity index (χ2v) is 5.68. The minimum Gasteiger partial charge on any atom is -0.506 e. The van der Waals surface area contributed by atoms with Crippen LogP contribution in [-0.2, 0) is 6.54 Å². The molecule has 0 amide bonds. The van der Waals surface area contributed by atoms with Gasteiger partial charge in [0, 0.05) is 17.1 Å². The highest BCUT2D eigenvalue weighted by atomic mass is 35.5. The van der Waals surface area contributed by atoms with Crippen LogP contribution in [0, 0.1) is 11.8 Å². The lowest BCUT2D eigenvalue weighted by molar-refractivity contribution is 0.444. The lowest BCUT2D eigenvalue weighted by Gasteiger charge is -2.12. The van der Waals surface area contributed by atoms with Gasteiger partial charge in [0.2, 0.25) is 0 Å². The first-order valence-electron chi connectivity index (χ1n) is 5.95. The predicted octanol–water partition coefficient (Wildman–Crippen LogP) is 3.83. The van der Waals surface area contributed by atoms with Gasteiger partial charge in [0.25, 0.3) is 0 Å². The molecule has 2 N–H and O–H groups in total. The van der Waals surface area contributed by atoms with E-state index in [-0.39, 0.29) is 5.75 Å². The molecule has 1 atom stereocenters. The summed E-state index contributed by atoms with van der Waals surface area (Å²) in [5.74, 6) is 1.72. The quantitative estimate of drug-likeness (QED) is 0.855. The molecule has 0 spiro atoms. The van der Waals surface area contributed by atoms with E-state index < -0.39 is 0 Å². The fourth-order valence-electron chi connectivity index (χ4n) is 2.02. The Morgan fingerprint density at radius 3 is 2.76 bits per heavy atom. The maximum absolute atomic E-state index is 9.78. The molecule has 4 heteroatoms. The summed E-state index contributed by atoms with van der Waals surface area (Å²) < 4.78 is 0. The van der Waals surface area contributed by atoms with E-state index in [1.54, 1.807) is 12.1 Å². The van der Waals surface area contributed by atoms with Gasteiger partial charge in [-0.3, -0.25) is 0 Å². The first-order chi connectivity index (χ1) is 8.08. The summed E-state index contributed by atoms with van der Waals surface area (Å²) in [6, 6.07) is 3.30. The lowest BCUT2D eigenvalue weighted by Crippen LogP contribution is -2.21. The van der Waals surface area contributed by atoms with Gasteiger partial charge in [-0.05, 0) is 43.4 Å². The van der Waals surface area contributed by atoms with Crippen LogP contribution >= 0.6 is 23.2 Å². The van der Waals surface area contributed by atoms with E-state index in [0.717, 1.165) is 18.0 Å². The molecule has 1 aromatic rings. The average molecular weight is 274 g/mol. The molecule has 1 aromatic carbocycles. The SMILES string of the molecule is CC(CNCc1cc(Cl)cc(Cl)c1O)C1CC1. The van der Waals surface area contributed by atoms with Crippen molar-refractivity contribution >= 4 is 23.2 Å². The van der Waals surface area contributed by atoms with Crippen LogP contribution < -0.4 is 5.32 Å². The number of phenolic OH excluding ortho intramolecular Hbond substituents is 1. The monoisotopic (exact) mass is 273 g/mol. The van der Waals surface area contributed by atoms with E-state index in [1.807, 2.05) is 0 Å². The van der Waals surface area contributed by atoms with Gasteiger partial charge in [-0.25, -0.2) is 0 Å². The predicted molar refractivity (Wildman–Crippen MR) is 71.7 cm³/mol. The third-order valence-corrected chi connectivity index (χ3v) is 3.82. The van der Waals surface area contributed by atoms with Gasteiger partial charge >= 0.3 is 0 Å². The third-order valence-electron chi connectivity index (χ3n) is 3.32. The van der Waals surface area contributed by atoms with Crippen molar-refractivity contribution in [1.82, 2.24) is 5.32 Å². The van der Waals surface area contributed by atoms with Crippen LogP contribution in [0.2, 0.25) is 10.0 Å². The van der Waals surface area contributed by atoms with Crippen molar-refractivity contribution in [2.24, 2.45) is 11.8 Å². The molecule has 0 heterocycles. The first kappa shape index (κ1) is 13.0. The summed E-state index contributed by atoms with van der Waals surface area (Å²) in [4.78, 5) is 0. The molecule has 1 aliphatic carbocycles. The molecule has 1 fully saturated rings. The number of aromatic hydroxyl groups is 1. The molecule has 1 unspecified atom stereocenters. The number of hydrogen-bond donors (Lipinski definition) is 2. The number of halogens is 2. The maximum Gasteiger partial charge on any atom is 0.138 e. The van der Waals surface area contributed by atoms with Crippen LogP contribution in [0.15, 0.2) is 12.1 Å². The zero-order valence-electron chi connectivity index (χ0n) is 9.84. The van der Waals surface area contributed by atoms with Crippen LogP contribution in [0.5, 0.6) is 5.75 Å². The van der Waals surface area contributed by atoms with Gasteiger partial charge in [0.1, 0.15) is 5.75 Å². The van der Waals surface area contributed by atoms with Crippen LogP contribution in [0.4, 0.5) is 0 Å². The van der Waals surface area contributed by atoms with Crippen molar-refractivity contribution in [3.05, 3.63) is 27.7 Å². The Kier molecular flexibility index (Phi) is 4.18. The van der Waals surface area contributed by atoms with E-state index in [9.17, 15) is 5.11 Å². The molecule has 0 aliphatic heterocycles. The van der Waals surface area contributed by atoms with Gasteiger partial charge in [0.15, 0.2) is 0 Å². The summed E-state index contributed by atoms with van der Waals surface area (Å²) in [5.41, 5.74) is 0.755. The Hall–Kier alpha value is -0.440. The minimum atomic E-state index is 0.127. The van der Waals surface area contributed by atoms with E-state index in [0.29, 0.717) is 22.5 Å². The van der Waals surface area contributed by atoms with Crippen molar-refractivity contribution in [2.75, 3.05) is 6.54 Å². The number of rotatable bonds is 5. The zero-order valence-corrected chi connectivity index (χ0v) is 11.4. The Morgan fingerprint density at radius 1 is 1.41 bits per heavy atom. The third kappa shape index (κ3) is 3.51. The molecule has 2 rings (SSSR count). The van der Waals surface area contributed by atoms with Crippen molar-refractivity contribution in [1.29, 1.82) is 0 Å². The molecule has 1 saturated carbocycles. The Labute approximate surface area is 112 Å². The summed E-state index contributed by atoms with van der Waals surface area (Å²) in [7, 11) is 0. The number of hydrogen-bond acceptors (Lipinski definition) is 2. The summed E-state index contributed by atoms with van der Waals surface area (Å²) in [6.07, 6.45) is 2.72. The first-order valence-corrected chi connectivity index (χ1v) is 6.71. The topological polar surface area (TPSA) is 32.3 Å². The van der Waals surface area contributed by atoms with Crippen molar-refractivity contribution in [3.63, 3.8) is 0 Å². The standard InChI is InChI=1S/C13H17Cl2NO/c1-8(9-2-3-9)6-16-7-10-4-11(14)5-12(15)13(10)17/h4-5,8-9,16-17H,2-3,6-7H2,1H3. The van der Waals surface area contributed by atoms with Gasteiger partial charge < -0.3 is 10.4 Å². The fourth-order valence-corrected chi connectivity index (χ4v) is 2.56. The number of nitrogens with one attached hydrogen (secondary N) is 1. The highest BCUT2D eigenvalue weighted by Crippen LogP contribution is 2.36. The number of benzene rings is 1. The van der Waals surface area contributed by atoms with Gasteiger partial charge in [-0.1, -0.05) is 30.1 Å². The molecule has 0 bridgehead atoms. The number of phenols is 1. The molecule has 0 aromatic heterocycles. The van der Waals surface area contributed by atoms with Crippen LogP contribution in [-0.4, -0.2) is 11.7 Å². The van der Waals surface area contributed by atoms with Crippen LogP contribution in [0.3, 0.4) is 0 Å². The van der Waals surface area contributed by atoms with Crippen molar-refractivity contribution < 1.29 is 5.11 Å². The average Bonchev–Trinajstić information content (AvgIpc) is 3.08.